The van der Waals surface area contributed by atoms with Gasteiger partial charge < -0.3 is 9.73 Å². The van der Waals surface area contributed by atoms with Crippen molar-refractivity contribution >= 4 is 69.5 Å². The number of anilines is 1. The zero-order chi connectivity index (χ0) is 16.1. The van der Waals surface area contributed by atoms with E-state index in [2.05, 4.69) is 5.32 Å². The fourth-order valence-corrected chi connectivity index (χ4v) is 3.50. The first-order valence-electron chi connectivity index (χ1n) is 6.26. The van der Waals surface area contributed by atoms with Crippen LogP contribution in [0.15, 0.2) is 50.4 Å². The van der Waals surface area contributed by atoms with Crippen molar-refractivity contribution < 1.29 is 4.42 Å². The summed E-state index contributed by atoms with van der Waals surface area (Å²) in [5, 5.41) is 3.85. The van der Waals surface area contributed by atoms with Crippen LogP contribution >= 0.6 is 58.8 Å². The van der Waals surface area contributed by atoms with E-state index in [1.54, 1.807) is 12.3 Å². The van der Waals surface area contributed by atoms with E-state index in [4.69, 9.17) is 51.4 Å². The van der Waals surface area contributed by atoms with E-state index in [9.17, 15) is 0 Å². The molecule has 0 atom stereocenters. The molecule has 0 spiro atoms. The van der Waals surface area contributed by atoms with Crippen molar-refractivity contribution in [3.63, 3.8) is 0 Å². The Bertz CT molecular complexity index is 709. The molecule has 1 heterocycles. The van der Waals surface area contributed by atoms with Crippen molar-refractivity contribution in [3.05, 3.63) is 57.4 Å². The molecule has 116 valence electrons. The second-order valence-corrected chi connectivity index (χ2v) is 7.18. The van der Waals surface area contributed by atoms with E-state index in [1.807, 2.05) is 31.2 Å². The summed E-state index contributed by atoms with van der Waals surface area (Å²) >= 11 is 24.3. The Balaban J connectivity index is 2.10. The Hall–Kier alpha value is -0.650. The number of furan rings is 1. The maximum Gasteiger partial charge on any atom is 0.114 e. The maximum atomic E-state index is 6.19. The van der Waals surface area contributed by atoms with E-state index in [0.717, 1.165) is 21.9 Å². The third-order valence-electron chi connectivity index (χ3n) is 2.77. The van der Waals surface area contributed by atoms with E-state index in [1.165, 1.54) is 11.8 Å². The first kappa shape index (κ1) is 17.7. The molecule has 0 fully saturated rings. The van der Waals surface area contributed by atoms with Crippen molar-refractivity contribution in [2.45, 2.75) is 11.8 Å². The molecule has 0 amide bonds. The molecule has 1 N–H and O–H groups in total. The molecule has 0 bridgehead atoms. The minimum absolute atomic E-state index is 0.245. The zero-order valence-electron chi connectivity index (χ0n) is 11.5. The van der Waals surface area contributed by atoms with Gasteiger partial charge in [0.1, 0.15) is 15.2 Å². The molecule has 0 unspecified atom stereocenters. The number of benzene rings is 1. The minimum Gasteiger partial charge on any atom is -0.469 e. The van der Waals surface area contributed by atoms with Crippen LogP contribution in [0.5, 0.6) is 0 Å². The fourth-order valence-electron chi connectivity index (χ4n) is 1.71. The van der Waals surface area contributed by atoms with Gasteiger partial charge >= 0.3 is 0 Å². The largest absolute Gasteiger partial charge is 0.469 e. The van der Waals surface area contributed by atoms with Gasteiger partial charge in [-0.1, -0.05) is 47.0 Å². The van der Waals surface area contributed by atoms with Gasteiger partial charge in [-0.15, -0.1) is 11.8 Å². The number of hydrogen-bond donors (Lipinski definition) is 1. The summed E-state index contributed by atoms with van der Waals surface area (Å²) < 4.78 is 5.50. The normalized spacial score (nSPS) is 10.4. The summed E-state index contributed by atoms with van der Waals surface area (Å²) in [4.78, 5) is 1.53. The first-order valence-corrected chi connectivity index (χ1v) is 8.79. The van der Waals surface area contributed by atoms with Crippen molar-refractivity contribution in [3.8, 4) is 0 Å². The summed E-state index contributed by atoms with van der Waals surface area (Å²) in [5.74, 6) is 1.42. The average Bonchev–Trinajstić information content (AvgIpc) is 2.88. The SMILES string of the molecule is Cc1occc1C(=S)Nc1ccc(Cl)c(SCC=C(Cl)Cl)c1. The highest BCUT2D eigenvalue weighted by Crippen LogP contribution is 2.31. The van der Waals surface area contributed by atoms with Gasteiger partial charge in [-0.05, 0) is 37.3 Å². The summed E-state index contributed by atoms with van der Waals surface area (Å²) in [6.45, 7) is 1.87. The van der Waals surface area contributed by atoms with Crippen LogP contribution in [0.3, 0.4) is 0 Å². The quantitative estimate of drug-likeness (QED) is 0.467. The van der Waals surface area contributed by atoms with E-state index in [0.29, 0.717) is 15.8 Å². The maximum absolute atomic E-state index is 6.19. The Labute approximate surface area is 153 Å². The molecule has 22 heavy (non-hydrogen) atoms. The van der Waals surface area contributed by atoms with E-state index >= 15 is 0 Å². The van der Waals surface area contributed by atoms with Crippen molar-refractivity contribution in [1.82, 2.24) is 0 Å². The Kier molecular flexibility index (Phi) is 6.66. The number of thioether (sulfide) groups is 1. The van der Waals surface area contributed by atoms with Gasteiger partial charge in [-0.2, -0.15) is 0 Å². The van der Waals surface area contributed by atoms with Gasteiger partial charge in [-0.25, -0.2) is 0 Å². The molecule has 2 aromatic rings. The zero-order valence-corrected chi connectivity index (χ0v) is 15.4. The van der Waals surface area contributed by atoms with Crippen LogP contribution in [0.1, 0.15) is 11.3 Å². The predicted octanol–water partition coefficient (Wildman–Crippen LogP) is 6.44. The van der Waals surface area contributed by atoms with E-state index < -0.39 is 0 Å². The number of halogens is 3. The van der Waals surface area contributed by atoms with Gasteiger partial charge in [-0.3, -0.25) is 0 Å². The van der Waals surface area contributed by atoms with Gasteiger partial charge in [0, 0.05) is 16.3 Å². The number of rotatable bonds is 5. The topological polar surface area (TPSA) is 25.2 Å². The predicted molar refractivity (Wildman–Crippen MR) is 101 cm³/mol. The Morgan fingerprint density at radius 2 is 2.14 bits per heavy atom. The molecule has 0 radical (unpaired) electrons. The fraction of sp³-hybridized carbons (Fsp3) is 0.133. The molecular formula is C15H12Cl3NOS2. The molecule has 2 nitrogen and oxygen atoms in total. The van der Waals surface area contributed by atoms with Crippen molar-refractivity contribution in [2.75, 3.05) is 11.1 Å². The molecule has 2 rings (SSSR count). The Morgan fingerprint density at radius 3 is 2.77 bits per heavy atom. The molecule has 0 saturated heterocycles. The van der Waals surface area contributed by atoms with Crippen LogP contribution < -0.4 is 5.32 Å². The standard InChI is InChI=1S/C15H12Cl3NOS2/c1-9-11(4-6-20-9)15(21)19-10-2-3-12(16)13(8-10)22-7-5-14(17)18/h2-6,8H,7H2,1H3,(H,19,21). The van der Waals surface area contributed by atoms with Crippen LogP contribution in [0.25, 0.3) is 0 Å². The highest BCUT2D eigenvalue weighted by Gasteiger charge is 2.09. The van der Waals surface area contributed by atoms with Crippen molar-refractivity contribution in [1.29, 1.82) is 0 Å². The van der Waals surface area contributed by atoms with Crippen LogP contribution in [-0.4, -0.2) is 10.7 Å². The first-order chi connectivity index (χ1) is 10.5. The Morgan fingerprint density at radius 1 is 1.36 bits per heavy atom. The number of thiocarbonyl (C=S) groups is 1. The lowest BCUT2D eigenvalue weighted by Crippen LogP contribution is -2.10. The van der Waals surface area contributed by atoms with Crippen molar-refractivity contribution in [2.24, 2.45) is 0 Å². The van der Waals surface area contributed by atoms with Crippen LogP contribution in [-0.2, 0) is 0 Å². The number of nitrogens with one attached hydrogen (secondary N) is 1. The second kappa shape index (κ2) is 8.27. The van der Waals surface area contributed by atoms with E-state index in [-0.39, 0.29) is 4.49 Å². The summed E-state index contributed by atoms with van der Waals surface area (Å²) in [5.41, 5.74) is 1.73. The lowest BCUT2D eigenvalue weighted by Gasteiger charge is -2.10. The summed E-state index contributed by atoms with van der Waals surface area (Å²) in [6.07, 6.45) is 3.33. The average molecular weight is 393 g/mol. The molecular weight excluding hydrogens is 381 g/mol. The monoisotopic (exact) mass is 391 g/mol. The van der Waals surface area contributed by atoms with Crippen LogP contribution in [0.4, 0.5) is 5.69 Å². The minimum atomic E-state index is 0.245. The lowest BCUT2D eigenvalue weighted by molar-refractivity contribution is 0.533. The molecule has 0 aliphatic heterocycles. The van der Waals surface area contributed by atoms with Crippen LogP contribution in [0.2, 0.25) is 5.02 Å². The molecule has 1 aromatic heterocycles. The van der Waals surface area contributed by atoms with Gasteiger partial charge in [0.25, 0.3) is 0 Å². The third kappa shape index (κ3) is 4.93. The highest BCUT2D eigenvalue weighted by atomic mass is 35.5. The second-order valence-electron chi connectivity index (χ2n) is 4.29. The molecule has 1 aromatic carbocycles. The number of hydrogen-bond acceptors (Lipinski definition) is 3. The molecule has 0 aliphatic rings. The highest BCUT2D eigenvalue weighted by molar-refractivity contribution is 7.99. The van der Waals surface area contributed by atoms with Gasteiger partial charge in [0.2, 0.25) is 0 Å². The van der Waals surface area contributed by atoms with Crippen LogP contribution in [0, 0.1) is 6.92 Å². The summed E-state index contributed by atoms with van der Waals surface area (Å²) in [6, 6.07) is 7.47. The smallest absolute Gasteiger partial charge is 0.114 e. The van der Waals surface area contributed by atoms with Gasteiger partial charge in [0.05, 0.1) is 16.8 Å². The summed E-state index contributed by atoms with van der Waals surface area (Å²) in [7, 11) is 0. The third-order valence-corrected chi connectivity index (χ3v) is 4.82. The molecule has 0 aliphatic carbocycles. The molecule has 7 heteroatoms. The number of aryl methyl sites for hydroxylation is 1. The van der Waals surface area contributed by atoms with Gasteiger partial charge in [0.15, 0.2) is 0 Å². The lowest BCUT2D eigenvalue weighted by atomic mass is 10.2. The molecule has 0 saturated carbocycles.